The minimum atomic E-state index is -0.916. The zero-order valence-corrected chi connectivity index (χ0v) is 31.9. The quantitative estimate of drug-likeness (QED) is 0.149. The molecule has 0 aromatic heterocycles. The number of rotatable bonds is 18. The number of carbonyl (C=O) groups is 2. The molecule has 13 atom stereocenters. The van der Waals surface area contributed by atoms with Crippen LogP contribution in [-0.4, -0.2) is 91.2 Å². The highest BCUT2D eigenvalue weighted by Gasteiger charge is 2.50. The highest BCUT2D eigenvalue weighted by atomic mass is 16.5. The topological polar surface area (TPSA) is 109 Å². The largest absolute Gasteiger partial charge is 0.390 e. The van der Waals surface area contributed by atoms with Gasteiger partial charge in [-0.05, 0) is 130 Å². The second kappa shape index (κ2) is 16.9. The molecule has 2 N–H and O–H groups in total. The van der Waals surface area contributed by atoms with E-state index in [-0.39, 0.29) is 59.1 Å². The molecule has 8 heteroatoms. The zero-order valence-electron chi connectivity index (χ0n) is 31.9. The van der Waals surface area contributed by atoms with E-state index in [2.05, 4.69) is 46.7 Å². The van der Waals surface area contributed by atoms with Gasteiger partial charge < -0.3 is 29.6 Å². The number of fused-ring (bicyclic) bond motifs is 1. The summed E-state index contributed by atoms with van der Waals surface area (Å²) >= 11 is 0. The molecule has 0 spiro atoms. The number of hydrogen-bond acceptors (Lipinski definition) is 8. The third-order valence-corrected chi connectivity index (χ3v) is 13.5. The molecule has 48 heavy (non-hydrogen) atoms. The van der Waals surface area contributed by atoms with Gasteiger partial charge in [-0.25, -0.2) is 0 Å². The van der Waals surface area contributed by atoms with E-state index in [9.17, 15) is 14.7 Å². The molecule has 0 radical (unpaired) electrons. The predicted molar refractivity (Wildman–Crippen MR) is 191 cm³/mol. The third kappa shape index (κ3) is 9.77. The zero-order chi connectivity index (χ0) is 35.4. The summed E-state index contributed by atoms with van der Waals surface area (Å²) in [7, 11) is 6.10. The van der Waals surface area contributed by atoms with E-state index in [1.54, 1.807) is 14.0 Å². The Morgan fingerprint density at radius 2 is 1.85 bits per heavy atom. The summed E-state index contributed by atoms with van der Waals surface area (Å²) < 4.78 is 19.0. The maximum absolute atomic E-state index is 14.3. The molecule has 1 saturated heterocycles. The van der Waals surface area contributed by atoms with E-state index in [0.29, 0.717) is 63.2 Å². The Kier molecular flexibility index (Phi) is 13.9. The van der Waals surface area contributed by atoms with Crippen LogP contribution in [0.15, 0.2) is 0 Å². The maximum Gasteiger partial charge on any atom is 0.179 e. The van der Waals surface area contributed by atoms with E-state index in [4.69, 9.17) is 19.6 Å². The third-order valence-electron chi connectivity index (χ3n) is 13.5. The first-order chi connectivity index (χ1) is 22.6. The van der Waals surface area contributed by atoms with Crippen LogP contribution < -0.4 is 0 Å². The SMILES string of the molecule is CCCC(C)(O)C(CC[C@@H](CC1CO[C@@H](C)C[C@]1(C)OC)C(=O)C(=N)CC1CCCC1C(C)=O)CO[C@H]1C[C@@H](N(C)C)C[C@@H](C)C2CC21. The summed E-state index contributed by atoms with van der Waals surface area (Å²) in [4.78, 5) is 28.9. The van der Waals surface area contributed by atoms with Crippen molar-refractivity contribution in [3.8, 4) is 0 Å². The Balaban J connectivity index is 1.51. The lowest BCUT2D eigenvalue weighted by Gasteiger charge is -2.44. The summed E-state index contributed by atoms with van der Waals surface area (Å²) in [5, 5.41) is 20.9. The molecule has 1 aliphatic heterocycles. The van der Waals surface area contributed by atoms with Gasteiger partial charge >= 0.3 is 0 Å². The van der Waals surface area contributed by atoms with Crippen molar-refractivity contribution < 1.29 is 28.9 Å². The lowest BCUT2D eigenvalue weighted by atomic mass is 9.73. The average Bonchev–Trinajstić information content (AvgIpc) is 3.71. The van der Waals surface area contributed by atoms with Gasteiger partial charge in [0.25, 0.3) is 0 Å². The fourth-order valence-corrected chi connectivity index (χ4v) is 9.95. The van der Waals surface area contributed by atoms with Crippen molar-refractivity contribution >= 4 is 17.3 Å². The minimum absolute atomic E-state index is 0.0190. The van der Waals surface area contributed by atoms with Crippen LogP contribution in [0.25, 0.3) is 0 Å². The lowest BCUT2D eigenvalue weighted by molar-refractivity contribution is -0.155. The van der Waals surface area contributed by atoms with E-state index in [1.165, 1.54) is 12.8 Å². The van der Waals surface area contributed by atoms with E-state index in [0.717, 1.165) is 44.4 Å². The molecule has 0 aromatic carbocycles. The van der Waals surface area contributed by atoms with E-state index in [1.807, 2.05) is 6.92 Å². The molecule has 0 bridgehead atoms. The van der Waals surface area contributed by atoms with Gasteiger partial charge in [-0.3, -0.25) is 9.59 Å². The van der Waals surface area contributed by atoms with Crippen molar-refractivity contribution in [2.75, 3.05) is 34.4 Å². The highest BCUT2D eigenvalue weighted by Crippen LogP contribution is 2.53. The summed E-state index contributed by atoms with van der Waals surface area (Å²) in [5.74, 6) is 1.67. The standard InChI is InChI=1S/C40H70N2O6/c1-10-16-39(5,45)30(23-48-37-20-32(42(7)8)17-25(2)34-21-35(34)37)15-14-29(18-31-24-47-26(3)22-40(31,6)46-9)38(44)36(41)19-28-12-11-13-33(28)27(4)43/h25-26,28-35,37,41,45H,10-24H2,1-9H3/t25-,26+,28?,29+,30?,31?,32+,33?,34?,35?,37+,39?,40+/m1/s1. The number of hydrogen-bond donors (Lipinski definition) is 2. The molecule has 7 unspecified atom stereocenters. The molecule has 4 fully saturated rings. The van der Waals surface area contributed by atoms with Gasteiger partial charge in [0.2, 0.25) is 0 Å². The van der Waals surface area contributed by atoms with Gasteiger partial charge in [-0.2, -0.15) is 0 Å². The van der Waals surface area contributed by atoms with Crippen LogP contribution in [0.3, 0.4) is 0 Å². The Bertz CT molecular complexity index is 1090. The summed E-state index contributed by atoms with van der Waals surface area (Å²) in [6.45, 7) is 13.3. The number of carbonyl (C=O) groups excluding carboxylic acids is 2. The number of aliphatic hydroxyl groups is 1. The Morgan fingerprint density at radius 1 is 1.12 bits per heavy atom. The fourth-order valence-electron chi connectivity index (χ4n) is 9.95. The Labute approximate surface area is 292 Å². The first-order valence-electron chi connectivity index (χ1n) is 19.4. The number of methoxy groups -OCH3 is 1. The van der Waals surface area contributed by atoms with Gasteiger partial charge in [-0.1, -0.05) is 26.7 Å². The molecule has 8 nitrogen and oxygen atoms in total. The van der Waals surface area contributed by atoms with E-state index < -0.39 is 11.2 Å². The lowest BCUT2D eigenvalue weighted by Crippen LogP contribution is -2.48. The number of nitrogens with zero attached hydrogens (tertiary/aromatic N) is 1. The molecular formula is C40H70N2O6. The highest BCUT2D eigenvalue weighted by molar-refractivity contribution is 6.39. The first-order valence-corrected chi connectivity index (χ1v) is 19.4. The van der Waals surface area contributed by atoms with Crippen molar-refractivity contribution in [2.45, 2.75) is 154 Å². The van der Waals surface area contributed by atoms with Crippen molar-refractivity contribution in [3.63, 3.8) is 0 Å². The smallest absolute Gasteiger partial charge is 0.179 e. The summed E-state index contributed by atoms with van der Waals surface area (Å²) in [6, 6.07) is 0.499. The molecule has 0 amide bonds. The molecule has 4 rings (SSSR count). The van der Waals surface area contributed by atoms with Crippen LogP contribution in [0.1, 0.15) is 125 Å². The molecular weight excluding hydrogens is 604 g/mol. The molecule has 4 aliphatic rings. The van der Waals surface area contributed by atoms with Crippen LogP contribution in [0, 0.1) is 52.8 Å². The molecule has 0 aromatic rings. The van der Waals surface area contributed by atoms with Gasteiger partial charge in [0, 0.05) is 43.2 Å². The van der Waals surface area contributed by atoms with Crippen molar-refractivity contribution in [1.82, 2.24) is 4.90 Å². The molecule has 3 aliphatic carbocycles. The van der Waals surface area contributed by atoms with Crippen LogP contribution in [0.5, 0.6) is 0 Å². The molecule has 276 valence electrons. The number of Topliss-reactive ketones (excluding diaryl/α,β-unsaturated/α-hetero) is 2. The van der Waals surface area contributed by atoms with Crippen LogP contribution in [0.4, 0.5) is 0 Å². The van der Waals surface area contributed by atoms with Crippen molar-refractivity contribution in [2.24, 2.45) is 47.3 Å². The van der Waals surface area contributed by atoms with Crippen molar-refractivity contribution in [1.29, 1.82) is 5.41 Å². The number of nitrogens with one attached hydrogen (secondary N) is 1. The Hall–Kier alpha value is -1.19. The number of ether oxygens (including phenoxy) is 3. The monoisotopic (exact) mass is 675 g/mol. The molecule has 3 saturated carbocycles. The number of ketones is 2. The average molecular weight is 675 g/mol. The van der Waals surface area contributed by atoms with Crippen molar-refractivity contribution in [3.05, 3.63) is 0 Å². The van der Waals surface area contributed by atoms with Gasteiger partial charge in [0.05, 0.1) is 42.3 Å². The van der Waals surface area contributed by atoms with E-state index >= 15 is 0 Å². The minimum Gasteiger partial charge on any atom is -0.390 e. The Morgan fingerprint density at radius 3 is 2.50 bits per heavy atom. The molecule has 1 heterocycles. The first kappa shape index (κ1) is 39.6. The second-order valence-corrected chi connectivity index (χ2v) is 17.3. The maximum atomic E-state index is 14.3. The summed E-state index contributed by atoms with van der Waals surface area (Å²) in [5.41, 5.74) is -1.18. The normalized spacial score (nSPS) is 37.7. The van der Waals surface area contributed by atoms with Gasteiger partial charge in [-0.15, -0.1) is 0 Å². The predicted octanol–water partition coefficient (Wildman–Crippen LogP) is 7.14. The second-order valence-electron chi connectivity index (χ2n) is 17.3. The van der Waals surface area contributed by atoms with Gasteiger partial charge in [0.15, 0.2) is 5.78 Å². The van der Waals surface area contributed by atoms with Gasteiger partial charge in [0.1, 0.15) is 5.78 Å². The van der Waals surface area contributed by atoms with Crippen LogP contribution in [0.2, 0.25) is 0 Å². The van der Waals surface area contributed by atoms with Crippen LogP contribution >= 0.6 is 0 Å². The summed E-state index contributed by atoms with van der Waals surface area (Å²) in [6.07, 6.45) is 11.0. The fraction of sp³-hybridized carbons (Fsp3) is 0.925. The van der Waals surface area contributed by atoms with Crippen LogP contribution in [-0.2, 0) is 23.8 Å².